The van der Waals surface area contributed by atoms with Crippen LogP contribution in [-0.4, -0.2) is 4.98 Å². The first kappa shape index (κ1) is 11.3. The summed E-state index contributed by atoms with van der Waals surface area (Å²) in [6, 6.07) is 2.85. The molecule has 1 rings (SSSR count). The van der Waals surface area contributed by atoms with Crippen molar-refractivity contribution in [3.05, 3.63) is 28.0 Å². The molecule has 0 unspecified atom stereocenters. The third-order valence-corrected chi connectivity index (χ3v) is 2.55. The zero-order valence-corrected chi connectivity index (χ0v) is 9.11. The predicted molar refractivity (Wildman–Crippen MR) is 51.6 cm³/mol. The Labute approximate surface area is 92.6 Å². The summed E-state index contributed by atoms with van der Waals surface area (Å²) in [5.74, 6) is 0. The van der Waals surface area contributed by atoms with Crippen LogP contribution in [0.25, 0.3) is 0 Å². The Kier molecular flexibility index (Phi) is 3.78. The van der Waals surface area contributed by atoms with Crippen LogP contribution in [-0.2, 0) is 5.33 Å². The molecule has 14 heavy (non-hydrogen) atoms. The average molecular weight is 281 g/mol. The summed E-state index contributed by atoms with van der Waals surface area (Å²) in [5.41, 5.74) is -0.159. The molecule has 1 aromatic heterocycles. The molecule has 0 fully saturated rings. The molecule has 0 aliphatic rings. The lowest BCUT2D eigenvalue weighted by Crippen LogP contribution is -1.97. The van der Waals surface area contributed by atoms with Crippen molar-refractivity contribution in [1.29, 1.82) is 5.26 Å². The first-order valence-corrected chi connectivity index (χ1v) is 5.03. The van der Waals surface area contributed by atoms with Gasteiger partial charge in [0.25, 0.3) is 6.43 Å². The van der Waals surface area contributed by atoms with Crippen molar-refractivity contribution in [3.63, 3.8) is 0 Å². The Hall–Kier alpha value is -0.730. The van der Waals surface area contributed by atoms with E-state index in [2.05, 4.69) is 20.9 Å². The minimum Gasteiger partial charge on any atom is -0.235 e. The summed E-state index contributed by atoms with van der Waals surface area (Å²) in [4.78, 5) is 3.44. The van der Waals surface area contributed by atoms with Crippen LogP contribution in [0.1, 0.15) is 23.4 Å². The maximum atomic E-state index is 12.3. The van der Waals surface area contributed by atoms with Crippen molar-refractivity contribution in [2.24, 2.45) is 0 Å². The molecule has 0 spiro atoms. The quantitative estimate of drug-likeness (QED) is 0.779. The number of nitriles is 1. The van der Waals surface area contributed by atoms with Gasteiger partial charge in [0.05, 0.1) is 5.02 Å². The molecule has 0 amide bonds. The standard InChI is InChI=1S/C8H4BrClF2N2/c9-2-4-1-5(8(11)12)14-6(3-13)7(4)10/h1,8H,2H2. The highest BCUT2D eigenvalue weighted by atomic mass is 79.9. The Morgan fingerprint density at radius 2 is 2.29 bits per heavy atom. The van der Waals surface area contributed by atoms with Crippen molar-refractivity contribution in [1.82, 2.24) is 4.98 Å². The minimum atomic E-state index is -2.70. The average Bonchev–Trinajstić information content (AvgIpc) is 2.17. The number of hydrogen-bond donors (Lipinski definition) is 0. The number of halogens is 4. The minimum absolute atomic E-state index is 0.119. The Bertz CT molecular complexity index is 390. The first-order chi connectivity index (χ1) is 6.60. The van der Waals surface area contributed by atoms with Gasteiger partial charge in [0.1, 0.15) is 11.8 Å². The summed E-state index contributed by atoms with van der Waals surface area (Å²) >= 11 is 8.81. The second-order valence-corrected chi connectivity index (χ2v) is 3.35. The molecule has 0 saturated carbocycles. The van der Waals surface area contributed by atoms with Gasteiger partial charge in [0.15, 0.2) is 5.69 Å². The van der Waals surface area contributed by atoms with Crippen LogP contribution in [0.3, 0.4) is 0 Å². The zero-order chi connectivity index (χ0) is 10.7. The fraction of sp³-hybridized carbons (Fsp3) is 0.250. The van der Waals surface area contributed by atoms with Gasteiger partial charge in [0, 0.05) is 5.33 Å². The van der Waals surface area contributed by atoms with Gasteiger partial charge in [0.2, 0.25) is 0 Å². The molecule has 0 bridgehead atoms. The fourth-order valence-electron chi connectivity index (χ4n) is 0.888. The molecular formula is C8H4BrClF2N2. The highest BCUT2D eigenvalue weighted by molar-refractivity contribution is 9.08. The Morgan fingerprint density at radius 3 is 2.71 bits per heavy atom. The Morgan fingerprint density at radius 1 is 1.64 bits per heavy atom. The first-order valence-electron chi connectivity index (χ1n) is 3.53. The number of aromatic nitrogens is 1. The largest absolute Gasteiger partial charge is 0.280 e. The maximum Gasteiger partial charge on any atom is 0.280 e. The van der Waals surface area contributed by atoms with Crippen LogP contribution in [0.15, 0.2) is 6.07 Å². The maximum absolute atomic E-state index is 12.3. The molecule has 1 heterocycles. The molecule has 0 radical (unpaired) electrons. The monoisotopic (exact) mass is 280 g/mol. The van der Waals surface area contributed by atoms with E-state index in [-0.39, 0.29) is 10.7 Å². The van der Waals surface area contributed by atoms with Crippen LogP contribution in [0.2, 0.25) is 5.02 Å². The van der Waals surface area contributed by atoms with Crippen molar-refractivity contribution in [2.45, 2.75) is 11.8 Å². The number of pyridine rings is 1. The summed E-state index contributed by atoms with van der Waals surface area (Å²) < 4.78 is 24.6. The van der Waals surface area contributed by atoms with Crippen LogP contribution < -0.4 is 0 Å². The van der Waals surface area contributed by atoms with E-state index in [1.54, 1.807) is 6.07 Å². The molecule has 0 saturated heterocycles. The van der Waals surface area contributed by atoms with Gasteiger partial charge in [-0.25, -0.2) is 13.8 Å². The molecule has 74 valence electrons. The van der Waals surface area contributed by atoms with Gasteiger partial charge in [-0.3, -0.25) is 0 Å². The lowest BCUT2D eigenvalue weighted by atomic mass is 10.2. The van der Waals surface area contributed by atoms with Gasteiger partial charge >= 0.3 is 0 Å². The highest BCUT2D eigenvalue weighted by Crippen LogP contribution is 2.26. The van der Waals surface area contributed by atoms with Gasteiger partial charge < -0.3 is 0 Å². The lowest BCUT2D eigenvalue weighted by molar-refractivity contribution is 0.146. The molecule has 0 atom stereocenters. The smallest absolute Gasteiger partial charge is 0.235 e. The van der Waals surface area contributed by atoms with Crippen molar-refractivity contribution in [2.75, 3.05) is 0 Å². The van der Waals surface area contributed by atoms with E-state index in [0.29, 0.717) is 10.9 Å². The van der Waals surface area contributed by atoms with E-state index in [1.807, 2.05) is 0 Å². The van der Waals surface area contributed by atoms with E-state index in [9.17, 15) is 8.78 Å². The molecule has 0 aliphatic heterocycles. The Balaban J connectivity index is 3.34. The predicted octanol–water partition coefficient (Wildman–Crippen LogP) is 3.44. The molecular weight excluding hydrogens is 277 g/mol. The summed E-state index contributed by atoms with van der Waals surface area (Å²) in [6.07, 6.45) is -2.70. The number of nitrogens with zero attached hydrogens (tertiary/aromatic N) is 2. The second-order valence-electron chi connectivity index (χ2n) is 2.41. The lowest BCUT2D eigenvalue weighted by Gasteiger charge is -2.05. The number of hydrogen-bond acceptors (Lipinski definition) is 2. The SMILES string of the molecule is N#Cc1nc(C(F)F)cc(CBr)c1Cl. The van der Waals surface area contributed by atoms with Crippen LogP contribution in [0.5, 0.6) is 0 Å². The molecule has 0 N–H and O–H groups in total. The van der Waals surface area contributed by atoms with Crippen molar-refractivity contribution < 1.29 is 8.78 Å². The van der Waals surface area contributed by atoms with Crippen molar-refractivity contribution in [3.8, 4) is 6.07 Å². The van der Waals surface area contributed by atoms with E-state index < -0.39 is 12.1 Å². The summed E-state index contributed by atoms with van der Waals surface area (Å²) in [7, 11) is 0. The topological polar surface area (TPSA) is 36.7 Å². The van der Waals surface area contributed by atoms with Crippen LogP contribution in [0, 0.1) is 11.3 Å². The van der Waals surface area contributed by atoms with Gasteiger partial charge in [-0.05, 0) is 11.6 Å². The molecule has 2 nitrogen and oxygen atoms in total. The van der Waals surface area contributed by atoms with Gasteiger partial charge in [-0.15, -0.1) is 0 Å². The number of alkyl halides is 3. The van der Waals surface area contributed by atoms with Crippen LogP contribution >= 0.6 is 27.5 Å². The van der Waals surface area contributed by atoms with Crippen molar-refractivity contribution >= 4 is 27.5 Å². The fourth-order valence-corrected chi connectivity index (χ4v) is 1.70. The third-order valence-electron chi connectivity index (χ3n) is 1.53. The normalized spacial score (nSPS) is 10.3. The van der Waals surface area contributed by atoms with E-state index >= 15 is 0 Å². The van der Waals surface area contributed by atoms with Crippen LogP contribution in [0.4, 0.5) is 8.78 Å². The summed E-state index contributed by atoms with van der Waals surface area (Å²) in [6.45, 7) is 0. The van der Waals surface area contributed by atoms with E-state index in [0.717, 1.165) is 0 Å². The zero-order valence-electron chi connectivity index (χ0n) is 6.77. The van der Waals surface area contributed by atoms with Gasteiger partial charge in [-0.1, -0.05) is 27.5 Å². The second kappa shape index (κ2) is 4.67. The number of rotatable bonds is 2. The van der Waals surface area contributed by atoms with E-state index in [1.165, 1.54) is 6.07 Å². The van der Waals surface area contributed by atoms with Gasteiger partial charge in [-0.2, -0.15) is 5.26 Å². The third kappa shape index (κ3) is 2.20. The highest BCUT2D eigenvalue weighted by Gasteiger charge is 2.15. The van der Waals surface area contributed by atoms with E-state index in [4.69, 9.17) is 16.9 Å². The molecule has 6 heteroatoms. The molecule has 1 aromatic rings. The molecule has 0 aliphatic carbocycles. The molecule has 0 aromatic carbocycles. The summed E-state index contributed by atoms with van der Waals surface area (Å²) in [5, 5.41) is 9.01.